The number of H-pyrrole nitrogens is 1. The van der Waals surface area contributed by atoms with E-state index in [4.69, 9.17) is 5.73 Å². The number of carbonyl (C=O) groups excluding carboxylic acids is 2. The summed E-state index contributed by atoms with van der Waals surface area (Å²) in [5.74, 6) is -0.498. The highest BCUT2D eigenvalue weighted by Crippen LogP contribution is 2.39. The van der Waals surface area contributed by atoms with Crippen LogP contribution in [0.3, 0.4) is 0 Å². The van der Waals surface area contributed by atoms with Crippen LogP contribution in [0.4, 0.5) is 5.00 Å². The van der Waals surface area contributed by atoms with Gasteiger partial charge in [0.05, 0.1) is 12.0 Å². The Morgan fingerprint density at radius 2 is 2.32 bits per heavy atom. The fourth-order valence-corrected chi connectivity index (χ4v) is 3.10. The second-order valence-corrected chi connectivity index (χ2v) is 5.37. The van der Waals surface area contributed by atoms with Gasteiger partial charge in [-0.1, -0.05) is 0 Å². The molecule has 1 aliphatic rings. The first-order valence-electron chi connectivity index (χ1n) is 5.71. The van der Waals surface area contributed by atoms with Gasteiger partial charge < -0.3 is 16.0 Å². The molecule has 0 radical (unpaired) electrons. The van der Waals surface area contributed by atoms with Crippen LogP contribution in [0.15, 0.2) is 24.4 Å². The number of nitrogens with two attached hydrogens (primary N) is 1. The summed E-state index contributed by atoms with van der Waals surface area (Å²) in [7, 11) is 0. The number of anilines is 1. The van der Waals surface area contributed by atoms with Crippen LogP contribution in [0, 0.1) is 0 Å². The Balaban J connectivity index is 1.99. The maximum absolute atomic E-state index is 11.9. The molecule has 2 amide bonds. The normalized spacial score (nSPS) is 15.6. The quantitative estimate of drug-likeness (QED) is 0.742. The number of thiophene rings is 1. The van der Waals surface area contributed by atoms with E-state index in [0.29, 0.717) is 5.57 Å². The summed E-state index contributed by atoms with van der Waals surface area (Å²) in [6.45, 7) is 0. The van der Waals surface area contributed by atoms with E-state index in [1.807, 2.05) is 18.2 Å². The molecule has 5 nitrogen and oxygen atoms in total. The molecule has 96 valence electrons. The monoisotopic (exact) mass is 273 g/mol. The smallest absolute Gasteiger partial charge is 0.257 e. The van der Waals surface area contributed by atoms with Gasteiger partial charge in [0.25, 0.3) is 5.91 Å². The number of fused-ring (bicyclic) bond motifs is 1. The second-order valence-electron chi connectivity index (χ2n) is 4.24. The van der Waals surface area contributed by atoms with Gasteiger partial charge in [-0.25, -0.2) is 0 Å². The minimum absolute atomic E-state index is 0.124. The maximum Gasteiger partial charge on any atom is 0.257 e. The summed E-state index contributed by atoms with van der Waals surface area (Å²) in [5.41, 5.74) is 7.47. The van der Waals surface area contributed by atoms with Crippen molar-refractivity contribution >= 4 is 39.8 Å². The van der Waals surface area contributed by atoms with Gasteiger partial charge in [0.1, 0.15) is 5.00 Å². The molecule has 0 aliphatic carbocycles. The van der Waals surface area contributed by atoms with Gasteiger partial charge in [-0.05, 0) is 24.3 Å². The number of hydrogen-bond acceptors (Lipinski definition) is 3. The van der Waals surface area contributed by atoms with Crippen molar-refractivity contribution in [2.45, 2.75) is 6.42 Å². The lowest BCUT2D eigenvalue weighted by atomic mass is 10.1. The van der Waals surface area contributed by atoms with Crippen LogP contribution in [0.25, 0.3) is 11.6 Å². The van der Waals surface area contributed by atoms with Gasteiger partial charge in [0.15, 0.2) is 0 Å². The number of rotatable bonds is 3. The first kappa shape index (κ1) is 11.7. The Morgan fingerprint density at radius 3 is 3.00 bits per heavy atom. The van der Waals surface area contributed by atoms with Gasteiger partial charge in [0.2, 0.25) is 5.91 Å². The summed E-state index contributed by atoms with van der Waals surface area (Å²) in [6, 6.07) is 5.60. The highest BCUT2D eigenvalue weighted by atomic mass is 32.1. The molecule has 0 bridgehead atoms. The van der Waals surface area contributed by atoms with E-state index in [9.17, 15) is 9.59 Å². The number of aromatic nitrogens is 1. The SMILES string of the molecule is NC(=O)Cc1cc2c(s1)NC(=O)/C2=C\c1ccc[nH]1. The first-order valence-corrected chi connectivity index (χ1v) is 6.53. The molecule has 2 aromatic heterocycles. The molecule has 19 heavy (non-hydrogen) atoms. The zero-order valence-electron chi connectivity index (χ0n) is 9.90. The Labute approximate surface area is 113 Å². The van der Waals surface area contributed by atoms with Crippen molar-refractivity contribution in [1.29, 1.82) is 0 Å². The van der Waals surface area contributed by atoms with Crippen molar-refractivity contribution in [2.75, 3.05) is 5.32 Å². The lowest BCUT2D eigenvalue weighted by molar-refractivity contribution is -0.117. The van der Waals surface area contributed by atoms with Crippen molar-refractivity contribution in [3.8, 4) is 0 Å². The molecule has 0 aromatic carbocycles. The second kappa shape index (κ2) is 4.40. The summed E-state index contributed by atoms with van der Waals surface area (Å²) in [4.78, 5) is 26.7. The molecular formula is C13H11N3O2S. The van der Waals surface area contributed by atoms with Gasteiger partial charge >= 0.3 is 0 Å². The van der Waals surface area contributed by atoms with Gasteiger partial charge in [0, 0.05) is 22.3 Å². The predicted molar refractivity (Wildman–Crippen MR) is 74.5 cm³/mol. The van der Waals surface area contributed by atoms with E-state index in [1.165, 1.54) is 11.3 Å². The number of aromatic amines is 1. The molecule has 0 spiro atoms. The maximum atomic E-state index is 11.9. The lowest BCUT2D eigenvalue weighted by Crippen LogP contribution is -2.12. The van der Waals surface area contributed by atoms with Crippen molar-refractivity contribution in [3.63, 3.8) is 0 Å². The van der Waals surface area contributed by atoms with Crippen LogP contribution >= 0.6 is 11.3 Å². The van der Waals surface area contributed by atoms with Gasteiger partial charge in [-0.3, -0.25) is 9.59 Å². The fraction of sp³-hybridized carbons (Fsp3) is 0.0769. The molecule has 0 saturated heterocycles. The van der Waals surface area contributed by atoms with Gasteiger partial charge in [-0.15, -0.1) is 11.3 Å². The molecule has 4 N–H and O–H groups in total. The highest BCUT2D eigenvalue weighted by Gasteiger charge is 2.27. The molecule has 0 saturated carbocycles. The largest absolute Gasteiger partial charge is 0.369 e. The van der Waals surface area contributed by atoms with Gasteiger partial charge in [-0.2, -0.15) is 0 Å². The Bertz CT molecular complexity index is 683. The summed E-state index contributed by atoms with van der Waals surface area (Å²) in [5, 5.41) is 3.58. The van der Waals surface area contributed by atoms with Crippen molar-refractivity contribution in [3.05, 3.63) is 40.5 Å². The molecule has 1 aliphatic heterocycles. The van der Waals surface area contributed by atoms with Crippen LogP contribution in [-0.4, -0.2) is 16.8 Å². The molecule has 3 heterocycles. The van der Waals surface area contributed by atoms with E-state index >= 15 is 0 Å². The summed E-state index contributed by atoms with van der Waals surface area (Å²) >= 11 is 1.39. The lowest BCUT2D eigenvalue weighted by Gasteiger charge is -1.96. The van der Waals surface area contributed by atoms with E-state index < -0.39 is 0 Å². The van der Waals surface area contributed by atoms with E-state index in [0.717, 1.165) is 21.1 Å². The number of nitrogens with one attached hydrogen (secondary N) is 2. The molecule has 0 fully saturated rings. The Kier molecular flexibility index (Phi) is 2.72. The number of amides is 2. The third kappa shape index (κ3) is 2.17. The van der Waals surface area contributed by atoms with Crippen molar-refractivity contribution in [2.24, 2.45) is 5.73 Å². The number of hydrogen-bond donors (Lipinski definition) is 3. The Hall–Kier alpha value is -2.34. The van der Waals surface area contributed by atoms with Crippen LogP contribution < -0.4 is 11.1 Å². The molecule has 0 unspecified atom stereocenters. The van der Waals surface area contributed by atoms with E-state index in [-0.39, 0.29) is 18.2 Å². The third-order valence-corrected chi connectivity index (χ3v) is 3.87. The van der Waals surface area contributed by atoms with E-state index in [1.54, 1.807) is 12.3 Å². The van der Waals surface area contributed by atoms with Crippen LogP contribution in [0.1, 0.15) is 16.1 Å². The summed E-state index contributed by atoms with van der Waals surface area (Å²) in [6.07, 6.45) is 3.79. The Morgan fingerprint density at radius 1 is 1.47 bits per heavy atom. The predicted octanol–water partition coefficient (Wildman–Crippen LogP) is 1.60. The van der Waals surface area contributed by atoms with E-state index in [2.05, 4.69) is 10.3 Å². The minimum Gasteiger partial charge on any atom is -0.369 e. The standard InChI is InChI=1S/C13H11N3O2S/c14-11(17)6-8-5-10-9(4-7-2-1-3-15-7)12(18)16-13(10)19-8/h1-5,15H,6H2,(H2,14,17)(H,16,18)/b9-4-. The highest BCUT2D eigenvalue weighted by molar-refractivity contribution is 7.17. The van der Waals surface area contributed by atoms with Crippen molar-refractivity contribution < 1.29 is 9.59 Å². The molecule has 3 rings (SSSR count). The van der Waals surface area contributed by atoms with Crippen molar-refractivity contribution in [1.82, 2.24) is 4.98 Å². The molecule has 2 aromatic rings. The molecular weight excluding hydrogens is 262 g/mol. The molecule has 6 heteroatoms. The van der Waals surface area contributed by atoms with Crippen LogP contribution in [0.5, 0.6) is 0 Å². The topological polar surface area (TPSA) is 88.0 Å². The average Bonchev–Trinajstić information content (AvgIpc) is 2.99. The summed E-state index contributed by atoms with van der Waals surface area (Å²) < 4.78 is 0. The van der Waals surface area contributed by atoms with Crippen LogP contribution in [-0.2, 0) is 16.0 Å². The zero-order valence-corrected chi connectivity index (χ0v) is 10.7. The third-order valence-electron chi connectivity index (χ3n) is 2.82. The molecule has 0 atom stereocenters. The minimum atomic E-state index is -0.374. The van der Waals surface area contributed by atoms with Crippen LogP contribution in [0.2, 0.25) is 0 Å². The average molecular weight is 273 g/mol. The fourth-order valence-electron chi connectivity index (χ4n) is 2.02. The zero-order chi connectivity index (χ0) is 13.4. The first-order chi connectivity index (χ1) is 9.13. The number of primary amides is 1. The number of carbonyl (C=O) groups is 2.